The molecule has 0 amide bonds. The fraction of sp³-hybridized carbons (Fsp3) is 0.0526. The second-order valence-electron chi connectivity index (χ2n) is 10.1. The van der Waals surface area contributed by atoms with E-state index in [0.29, 0.717) is 0 Å². The Kier molecular flexibility index (Phi) is 7.33. The summed E-state index contributed by atoms with van der Waals surface area (Å²) in [6.45, 7) is 0. The molecule has 0 aliphatic heterocycles. The summed E-state index contributed by atoms with van der Waals surface area (Å²) in [6, 6.07) is 63.5. The van der Waals surface area contributed by atoms with E-state index >= 15 is 0 Å². The Morgan fingerprint density at radius 2 is 0.641 bits per heavy atom. The van der Waals surface area contributed by atoms with Crippen LogP contribution >= 0.6 is 0 Å². The van der Waals surface area contributed by atoms with Gasteiger partial charge in [-0.3, -0.25) is 0 Å². The fourth-order valence-electron chi connectivity index (χ4n) is 5.78. The van der Waals surface area contributed by atoms with Gasteiger partial charge in [0, 0.05) is 0 Å². The van der Waals surface area contributed by atoms with Crippen molar-refractivity contribution < 1.29 is 0 Å². The Hall–Kier alpha value is -4.46. The van der Waals surface area contributed by atoms with E-state index in [0.717, 1.165) is 12.5 Å². The van der Waals surface area contributed by atoms with E-state index in [1.807, 2.05) is 0 Å². The summed E-state index contributed by atoms with van der Waals surface area (Å²) in [5.74, 6) is 0. The van der Waals surface area contributed by atoms with Crippen molar-refractivity contribution in [2.45, 2.75) is 12.5 Å². The molecule has 1 heteroatoms. The quantitative estimate of drug-likeness (QED) is 0.143. The molecule has 0 fully saturated rings. The Morgan fingerprint density at radius 3 is 1.08 bits per heavy atom. The lowest BCUT2D eigenvalue weighted by Crippen LogP contribution is -2.67. The molecule has 0 spiro atoms. The molecule has 0 nitrogen and oxygen atoms in total. The van der Waals surface area contributed by atoms with Crippen LogP contribution < -0.4 is 15.6 Å². The largest absolute Gasteiger partial charge is 0.148 e. The predicted molar refractivity (Wildman–Crippen MR) is 170 cm³/mol. The molecular formula is C38H32Si. The van der Waals surface area contributed by atoms with Crippen molar-refractivity contribution in [1.82, 2.24) is 0 Å². The van der Waals surface area contributed by atoms with Gasteiger partial charge >= 0.3 is 0 Å². The van der Waals surface area contributed by atoms with Gasteiger partial charge in [-0.25, -0.2) is 0 Å². The topological polar surface area (TPSA) is 0 Å². The molecule has 0 aliphatic rings. The molecule has 0 radical (unpaired) electrons. The average Bonchev–Trinajstić information content (AvgIpc) is 3.04. The van der Waals surface area contributed by atoms with Gasteiger partial charge in [0.1, 0.15) is 8.07 Å². The smallest absolute Gasteiger partial charge is 0.0624 e. The van der Waals surface area contributed by atoms with Gasteiger partial charge in [-0.05, 0) is 55.8 Å². The molecule has 0 atom stereocenters. The molecule has 6 aromatic carbocycles. The lowest BCUT2D eigenvalue weighted by atomic mass is 10.0. The van der Waals surface area contributed by atoms with Gasteiger partial charge < -0.3 is 0 Å². The summed E-state index contributed by atoms with van der Waals surface area (Å²) in [4.78, 5) is 0. The summed E-state index contributed by atoms with van der Waals surface area (Å²) >= 11 is 0. The van der Waals surface area contributed by atoms with E-state index in [4.69, 9.17) is 0 Å². The van der Waals surface area contributed by atoms with Crippen molar-refractivity contribution >= 4 is 23.6 Å². The van der Waals surface area contributed by atoms with Crippen LogP contribution in [0.1, 0.15) is 5.56 Å². The van der Waals surface area contributed by atoms with Crippen LogP contribution in [0.3, 0.4) is 0 Å². The number of benzene rings is 6. The minimum absolute atomic E-state index is 1.03. The van der Waals surface area contributed by atoms with Crippen LogP contribution in [0.5, 0.6) is 0 Å². The van der Waals surface area contributed by atoms with Crippen molar-refractivity contribution in [2.75, 3.05) is 0 Å². The Balaban J connectivity index is 1.41. The summed E-state index contributed by atoms with van der Waals surface area (Å²) in [5.41, 5.74) is 6.44. The summed E-state index contributed by atoms with van der Waals surface area (Å²) in [5, 5.41) is 4.38. The van der Waals surface area contributed by atoms with Gasteiger partial charge in [-0.2, -0.15) is 0 Å². The molecule has 0 aliphatic carbocycles. The average molecular weight is 517 g/mol. The molecule has 0 saturated heterocycles. The SMILES string of the molecule is c1ccc(-c2ccc(CC[Si](c3ccccc3)(c3ccccc3)c3ccc(-c4ccccc4)cc3)cc2)cc1. The van der Waals surface area contributed by atoms with Crippen molar-refractivity contribution in [3.8, 4) is 22.3 Å². The van der Waals surface area contributed by atoms with Crippen molar-refractivity contribution in [3.05, 3.63) is 175 Å². The van der Waals surface area contributed by atoms with Crippen LogP contribution in [0.4, 0.5) is 0 Å². The van der Waals surface area contributed by atoms with E-state index < -0.39 is 8.07 Å². The van der Waals surface area contributed by atoms with Gasteiger partial charge in [0.2, 0.25) is 0 Å². The number of rotatable bonds is 8. The van der Waals surface area contributed by atoms with Gasteiger partial charge in [0.15, 0.2) is 0 Å². The van der Waals surface area contributed by atoms with E-state index in [9.17, 15) is 0 Å². The van der Waals surface area contributed by atoms with E-state index in [-0.39, 0.29) is 0 Å². The standard InChI is InChI=1S/C38H32Si/c1-5-13-32(14-6-1)34-23-21-31(22-24-34)29-30-39(36-17-9-3-10-18-36,37-19-11-4-12-20-37)38-27-25-35(26-28-38)33-15-7-2-8-16-33/h1-28H,29-30H2. The third kappa shape index (κ3) is 5.27. The minimum Gasteiger partial charge on any atom is -0.0624 e. The molecule has 0 heterocycles. The van der Waals surface area contributed by atoms with Crippen LogP contribution in [0.25, 0.3) is 22.3 Å². The van der Waals surface area contributed by atoms with Crippen molar-refractivity contribution in [1.29, 1.82) is 0 Å². The Morgan fingerprint density at radius 1 is 0.308 bits per heavy atom. The minimum atomic E-state index is -2.31. The third-order valence-electron chi connectivity index (χ3n) is 7.87. The summed E-state index contributed by atoms with van der Waals surface area (Å²) in [7, 11) is -2.31. The molecule has 39 heavy (non-hydrogen) atoms. The lowest BCUT2D eigenvalue weighted by molar-refractivity contribution is 1.11. The molecule has 0 saturated carbocycles. The summed E-state index contributed by atoms with van der Waals surface area (Å²) in [6.07, 6.45) is 1.03. The second kappa shape index (κ2) is 11.5. The highest BCUT2D eigenvalue weighted by molar-refractivity contribution is 7.11. The van der Waals surface area contributed by atoms with Gasteiger partial charge in [0.05, 0.1) is 0 Å². The van der Waals surface area contributed by atoms with Crippen LogP contribution in [0, 0.1) is 0 Å². The molecule has 0 aromatic heterocycles. The Bertz CT molecular complexity index is 1550. The lowest BCUT2D eigenvalue weighted by Gasteiger charge is -2.34. The van der Waals surface area contributed by atoms with Crippen LogP contribution in [-0.4, -0.2) is 8.07 Å². The monoisotopic (exact) mass is 516 g/mol. The van der Waals surface area contributed by atoms with E-state index in [2.05, 4.69) is 170 Å². The first kappa shape index (κ1) is 24.8. The first-order valence-corrected chi connectivity index (χ1v) is 15.9. The second-order valence-corrected chi connectivity index (χ2v) is 14.2. The predicted octanol–water partition coefficient (Wildman–Crippen LogP) is 7.73. The molecular weight excluding hydrogens is 485 g/mol. The molecule has 0 N–H and O–H groups in total. The first-order chi connectivity index (χ1) is 19.3. The molecule has 0 bridgehead atoms. The Labute approximate surface area is 233 Å². The maximum atomic E-state index is 2.40. The van der Waals surface area contributed by atoms with Crippen LogP contribution in [0.2, 0.25) is 6.04 Å². The van der Waals surface area contributed by atoms with Crippen LogP contribution in [0.15, 0.2) is 170 Å². The zero-order valence-corrected chi connectivity index (χ0v) is 23.1. The maximum absolute atomic E-state index is 2.40. The van der Waals surface area contributed by atoms with Gasteiger partial charge in [-0.15, -0.1) is 0 Å². The zero-order valence-electron chi connectivity index (χ0n) is 22.1. The number of aryl methyl sites for hydroxylation is 1. The maximum Gasteiger partial charge on any atom is 0.148 e. The third-order valence-corrected chi connectivity index (χ3v) is 12.8. The van der Waals surface area contributed by atoms with Crippen LogP contribution in [-0.2, 0) is 6.42 Å². The number of hydrogen-bond acceptors (Lipinski definition) is 0. The first-order valence-electron chi connectivity index (χ1n) is 13.7. The number of hydrogen-bond donors (Lipinski definition) is 0. The highest BCUT2D eigenvalue weighted by Crippen LogP contribution is 2.23. The highest BCUT2D eigenvalue weighted by Gasteiger charge is 2.38. The molecule has 0 unspecified atom stereocenters. The van der Waals surface area contributed by atoms with Gasteiger partial charge in [-0.1, -0.05) is 170 Å². The molecule has 6 rings (SSSR count). The summed E-state index contributed by atoms with van der Waals surface area (Å²) < 4.78 is 0. The van der Waals surface area contributed by atoms with E-state index in [1.165, 1.54) is 43.4 Å². The zero-order chi connectivity index (χ0) is 26.3. The fourth-order valence-corrected chi connectivity index (χ4v) is 10.6. The van der Waals surface area contributed by atoms with E-state index in [1.54, 1.807) is 0 Å². The molecule has 6 aromatic rings. The highest BCUT2D eigenvalue weighted by atomic mass is 28.3. The van der Waals surface area contributed by atoms with Gasteiger partial charge in [0.25, 0.3) is 0 Å². The van der Waals surface area contributed by atoms with Crippen molar-refractivity contribution in [2.24, 2.45) is 0 Å². The molecule has 188 valence electrons. The normalized spacial score (nSPS) is 11.3. The van der Waals surface area contributed by atoms with Crippen molar-refractivity contribution in [3.63, 3.8) is 0 Å².